The minimum atomic E-state index is -0.255. The van der Waals surface area contributed by atoms with E-state index < -0.39 is 0 Å². The molecule has 1 atom stereocenters. The third kappa shape index (κ3) is 6.06. The number of carbonyl (C=O) groups excluding carboxylic acids is 1. The van der Waals surface area contributed by atoms with Crippen LogP contribution in [0.25, 0.3) is 0 Å². The fourth-order valence-corrected chi connectivity index (χ4v) is 3.30. The molecule has 0 saturated carbocycles. The second-order valence-corrected chi connectivity index (χ2v) is 7.63. The molecule has 2 aromatic carbocycles. The van der Waals surface area contributed by atoms with Crippen molar-refractivity contribution in [3.05, 3.63) is 77.2 Å². The Labute approximate surface area is 189 Å². The van der Waals surface area contributed by atoms with Crippen LogP contribution in [0.3, 0.4) is 0 Å². The number of hydrogen-bond donors (Lipinski definition) is 1. The molecular formula is C26H31NO5. The van der Waals surface area contributed by atoms with Crippen molar-refractivity contribution in [2.45, 2.75) is 39.2 Å². The zero-order valence-electron chi connectivity index (χ0n) is 19.1. The summed E-state index contributed by atoms with van der Waals surface area (Å²) in [5.74, 6) is 3.26. The van der Waals surface area contributed by atoms with E-state index in [9.17, 15) is 4.79 Å². The number of amides is 1. The van der Waals surface area contributed by atoms with Crippen LogP contribution in [0, 0.1) is 0 Å². The van der Waals surface area contributed by atoms with E-state index in [0.717, 1.165) is 17.7 Å². The Bertz CT molecular complexity index is 1010. The van der Waals surface area contributed by atoms with Gasteiger partial charge < -0.3 is 23.9 Å². The van der Waals surface area contributed by atoms with Gasteiger partial charge in [-0.3, -0.25) is 4.79 Å². The number of ether oxygens (including phenoxy) is 3. The lowest BCUT2D eigenvalue weighted by Gasteiger charge is -2.10. The molecule has 0 saturated heterocycles. The van der Waals surface area contributed by atoms with Gasteiger partial charge in [0, 0.05) is 6.54 Å². The van der Waals surface area contributed by atoms with Gasteiger partial charge >= 0.3 is 0 Å². The number of furan rings is 1. The Morgan fingerprint density at radius 3 is 2.44 bits per heavy atom. The predicted octanol–water partition coefficient (Wildman–Crippen LogP) is 5.36. The number of methoxy groups -OCH3 is 2. The smallest absolute Gasteiger partial charge is 0.287 e. The normalized spacial score (nSPS) is 11.6. The minimum absolute atomic E-state index is 0.255. The molecule has 32 heavy (non-hydrogen) atoms. The Hall–Kier alpha value is -3.41. The highest BCUT2D eigenvalue weighted by Crippen LogP contribution is 2.27. The zero-order valence-corrected chi connectivity index (χ0v) is 19.1. The lowest BCUT2D eigenvalue weighted by Crippen LogP contribution is -2.25. The van der Waals surface area contributed by atoms with Gasteiger partial charge in [-0.15, -0.1) is 0 Å². The molecule has 1 unspecified atom stereocenters. The Kier molecular flexibility index (Phi) is 8.20. The topological polar surface area (TPSA) is 69.9 Å². The summed E-state index contributed by atoms with van der Waals surface area (Å²) in [5, 5.41) is 2.88. The van der Waals surface area contributed by atoms with Crippen LogP contribution in [0.4, 0.5) is 0 Å². The molecule has 0 spiro atoms. The molecule has 6 heteroatoms. The molecule has 1 heterocycles. The zero-order chi connectivity index (χ0) is 22.9. The van der Waals surface area contributed by atoms with Crippen LogP contribution in [-0.4, -0.2) is 26.7 Å². The second kappa shape index (κ2) is 11.3. The summed E-state index contributed by atoms with van der Waals surface area (Å²) < 4.78 is 22.0. The number of benzene rings is 2. The maximum Gasteiger partial charge on any atom is 0.287 e. The summed E-state index contributed by atoms with van der Waals surface area (Å²) in [6.07, 6.45) is 1.77. The molecule has 0 fully saturated rings. The summed E-state index contributed by atoms with van der Waals surface area (Å²) in [4.78, 5) is 12.4. The molecule has 3 rings (SSSR count). The SMILES string of the molecule is CCC(C)c1ccc(OCc2ccc(C(=O)NCCc3ccc(OC)c(OC)c3)o2)cc1. The van der Waals surface area contributed by atoms with Crippen molar-refractivity contribution in [3.63, 3.8) is 0 Å². The highest BCUT2D eigenvalue weighted by Gasteiger charge is 2.12. The molecular weight excluding hydrogens is 406 g/mol. The van der Waals surface area contributed by atoms with Crippen LogP contribution in [0.1, 0.15) is 53.6 Å². The van der Waals surface area contributed by atoms with Gasteiger partial charge in [-0.05, 0) is 66.3 Å². The largest absolute Gasteiger partial charge is 0.493 e. The highest BCUT2D eigenvalue weighted by atomic mass is 16.5. The van der Waals surface area contributed by atoms with E-state index in [-0.39, 0.29) is 18.3 Å². The summed E-state index contributed by atoms with van der Waals surface area (Å²) in [6, 6.07) is 17.2. The van der Waals surface area contributed by atoms with Crippen molar-refractivity contribution >= 4 is 5.91 Å². The molecule has 0 aliphatic heterocycles. The first kappa shape index (κ1) is 23.3. The fraction of sp³-hybridized carbons (Fsp3) is 0.346. The number of rotatable bonds is 11. The van der Waals surface area contributed by atoms with E-state index in [0.29, 0.717) is 36.1 Å². The average molecular weight is 438 g/mol. The third-order valence-corrected chi connectivity index (χ3v) is 5.48. The molecule has 170 valence electrons. The van der Waals surface area contributed by atoms with E-state index in [1.54, 1.807) is 26.4 Å². The van der Waals surface area contributed by atoms with E-state index in [4.69, 9.17) is 18.6 Å². The van der Waals surface area contributed by atoms with Crippen molar-refractivity contribution in [1.29, 1.82) is 0 Å². The molecule has 1 aromatic heterocycles. The lowest BCUT2D eigenvalue weighted by atomic mass is 9.99. The van der Waals surface area contributed by atoms with Crippen LogP contribution in [0.5, 0.6) is 17.2 Å². The molecule has 1 amide bonds. The van der Waals surface area contributed by atoms with Gasteiger partial charge in [0.15, 0.2) is 17.3 Å². The molecule has 3 aromatic rings. The standard InChI is InChI=1S/C26H31NO5/c1-5-18(2)20-7-9-21(10-8-20)31-17-22-11-13-24(32-22)26(28)27-15-14-19-6-12-23(29-3)25(16-19)30-4/h6-13,16,18H,5,14-15,17H2,1-4H3,(H,27,28). The molecule has 1 N–H and O–H groups in total. The quantitative estimate of drug-likeness (QED) is 0.437. The molecule has 0 radical (unpaired) electrons. The van der Waals surface area contributed by atoms with Gasteiger partial charge in [-0.2, -0.15) is 0 Å². The van der Waals surface area contributed by atoms with E-state index in [1.807, 2.05) is 30.3 Å². The van der Waals surface area contributed by atoms with Crippen molar-refractivity contribution in [2.75, 3.05) is 20.8 Å². The van der Waals surface area contributed by atoms with Gasteiger partial charge in [0.25, 0.3) is 5.91 Å². The maximum absolute atomic E-state index is 12.4. The first-order chi connectivity index (χ1) is 15.5. The van der Waals surface area contributed by atoms with Crippen LogP contribution < -0.4 is 19.5 Å². The van der Waals surface area contributed by atoms with Gasteiger partial charge in [0.2, 0.25) is 0 Å². The highest BCUT2D eigenvalue weighted by molar-refractivity contribution is 5.91. The van der Waals surface area contributed by atoms with Crippen molar-refractivity contribution < 1.29 is 23.4 Å². The van der Waals surface area contributed by atoms with Crippen molar-refractivity contribution in [2.24, 2.45) is 0 Å². The van der Waals surface area contributed by atoms with Crippen LogP contribution in [0.15, 0.2) is 59.0 Å². The molecule has 0 aliphatic carbocycles. The van der Waals surface area contributed by atoms with Crippen LogP contribution in [0.2, 0.25) is 0 Å². The monoisotopic (exact) mass is 437 g/mol. The lowest BCUT2D eigenvalue weighted by molar-refractivity contribution is 0.0922. The van der Waals surface area contributed by atoms with Crippen molar-refractivity contribution in [1.82, 2.24) is 5.32 Å². The first-order valence-corrected chi connectivity index (χ1v) is 10.8. The number of nitrogens with one attached hydrogen (secondary N) is 1. The fourth-order valence-electron chi connectivity index (χ4n) is 3.30. The summed E-state index contributed by atoms with van der Waals surface area (Å²) in [6.45, 7) is 5.13. The second-order valence-electron chi connectivity index (χ2n) is 7.63. The van der Waals surface area contributed by atoms with E-state index >= 15 is 0 Å². The van der Waals surface area contributed by atoms with Crippen LogP contribution >= 0.6 is 0 Å². The predicted molar refractivity (Wildman–Crippen MR) is 124 cm³/mol. The van der Waals surface area contributed by atoms with Gasteiger partial charge in [0.1, 0.15) is 18.1 Å². The summed E-state index contributed by atoms with van der Waals surface area (Å²) >= 11 is 0. The summed E-state index contributed by atoms with van der Waals surface area (Å²) in [7, 11) is 3.20. The summed E-state index contributed by atoms with van der Waals surface area (Å²) in [5.41, 5.74) is 2.33. The molecule has 6 nitrogen and oxygen atoms in total. The third-order valence-electron chi connectivity index (χ3n) is 5.48. The maximum atomic E-state index is 12.4. The van der Waals surface area contributed by atoms with Gasteiger partial charge in [-0.1, -0.05) is 32.0 Å². The Morgan fingerprint density at radius 1 is 1.00 bits per heavy atom. The van der Waals surface area contributed by atoms with Gasteiger partial charge in [-0.25, -0.2) is 0 Å². The van der Waals surface area contributed by atoms with E-state index in [1.165, 1.54) is 5.56 Å². The minimum Gasteiger partial charge on any atom is -0.493 e. The first-order valence-electron chi connectivity index (χ1n) is 10.8. The number of carbonyl (C=O) groups is 1. The molecule has 0 aliphatic rings. The van der Waals surface area contributed by atoms with Gasteiger partial charge in [0.05, 0.1) is 14.2 Å². The van der Waals surface area contributed by atoms with Crippen LogP contribution in [-0.2, 0) is 13.0 Å². The van der Waals surface area contributed by atoms with E-state index in [2.05, 4.69) is 31.3 Å². The average Bonchev–Trinajstić information content (AvgIpc) is 3.31. The Morgan fingerprint density at radius 2 is 1.75 bits per heavy atom. The van der Waals surface area contributed by atoms with Crippen molar-refractivity contribution in [3.8, 4) is 17.2 Å². The number of hydrogen-bond acceptors (Lipinski definition) is 5. The Balaban J connectivity index is 1.47. The molecule has 0 bridgehead atoms.